The third-order valence-electron chi connectivity index (χ3n) is 1.28. The molecule has 0 amide bonds. The average molecular weight is 356 g/mol. The molecule has 0 aliphatic heterocycles. The molecule has 0 spiro atoms. The SMILES string of the molecule is CC(C)O[C](=[Cr])/C=C/c1ccco1.[C-]#[O+].[C-]#[O+].[C-]#[O+].[C-]#[O+].[C-]#[O+]. The number of hydrogen-bond donors (Lipinski definition) is 0. The van der Waals surface area contributed by atoms with Crippen LogP contribution in [0.3, 0.4) is 0 Å². The molecule has 1 heterocycles. The second-order valence-electron chi connectivity index (χ2n) is 2.83. The molecule has 0 saturated carbocycles. The monoisotopic (exact) mass is 356 g/mol. The first-order valence-corrected chi connectivity index (χ1v) is 5.76. The van der Waals surface area contributed by atoms with Crippen LogP contribution in [0.2, 0.25) is 0 Å². The first kappa shape index (κ1) is 32.9. The summed E-state index contributed by atoms with van der Waals surface area (Å²) in [6, 6.07) is 3.74. The molecule has 0 aliphatic carbocycles. The Hall–Kier alpha value is -1.92. The predicted molar refractivity (Wildman–Crippen MR) is 68.6 cm³/mol. The Kier molecular flexibility index (Phi) is 52.7. The zero-order valence-electron chi connectivity index (χ0n) is 12.2. The summed E-state index contributed by atoms with van der Waals surface area (Å²) < 4.78 is 48.8. The normalized spacial score (nSPS) is 6.83. The number of rotatable bonds is 4. The molecule has 0 unspecified atom stereocenters. The molecular formula is C15H12CrO7. The Morgan fingerprint density at radius 1 is 1.04 bits per heavy atom. The Balaban J connectivity index is -0.0000000923. The van der Waals surface area contributed by atoms with E-state index in [9.17, 15) is 0 Å². The summed E-state index contributed by atoms with van der Waals surface area (Å²) in [5.41, 5.74) is 0. The molecule has 0 aliphatic rings. The number of furan rings is 1. The van der Waals surface area contributed by atoms with Crippen molar-refractivity contribution in [2.45, 2.75) is 20.0 Å². The van der Waals surface area contributed by atoms with Crippen molar-refractivity contribution in [1.29, 1.82) is 0 Å². The zero-order valence-corrected chi connectivity index (χ0v) is 13.5. The summed E-state index contributed by atoms with van der Waals surface area (Å²) in [6.45, 7) is 26.5. The van der Waals surface area contributed by atoms with Crippen molar-refractivity contribution < 1.29 is 48.3 Å². The van der Waals surface area contributed by atoms with Gasteiger partial charge >= 0.3 is 142 Å². The van der Waals surface area contributed by atoms with Crippen molar-refractivity contribution in [3.63, 3.8) is 0 Å². The summed E-state index contributed by atoms with van der Waals surface area (Å²) in [5.74, 6) is 0.820. The Bertz CT molecular complexity index is 441. The maximum absolute atomic E-state index is 7.50. The van der Waals surface area contributed by atoms with Gasteiger partial charge in [-0.3, -0.25) is 0 Å². The minimum absolute atomic E-state index is 0.192. The van der Waals surface area contributed by atoms with Crippen LogP contribution in [0.15, 0.2) is 28.9 Å². The fourth-order valence-corrected chi connectivity index (χ4v) is 1.21. The fraction of sp³-hybridized carbons (Fsp3) is 0.200. The molecule has 8 heteroatoms. The van der Waals surface area contributed by atoms with Gasteiger partial charge < -0.3 is 0 Å². The topological polar surface area (TPSA) is 122 Å². The summed E-state index contributed by atoms with van der Waals surface area (Å²) in [6.07, 6.45) is 5.53. The van der Waals surface area contributed by atoms with Crippen LogP contribution in [0.1, 0.15) is 19.6 Å². The molecule has 7 nitrogen and oxygen atoms in total. The first-order valence-electron chi connectivity index (χ1n) is 5.13. The summed E-state index contributed by atoms with van der Waals surface area (Å²) in [5, 5.41) is 0. The summed E-state index contributed by atoms with van der Waals surface area (Å²) in [7, 11) is 0. The van der Waals surface area contributed by atoms with Gasteiger partial charge in [0.15, 0.2) is 0 Å². The van der Waals surface area contributed by atoms with Gasteiger partial charge in [0.2, 0.25) is 0 Å². The van der Waals surface area contributed by atoms with E-state index in [0.29, 0.717) is 0 Å². The van der Waals surface area contributed by atoms with Gasteiger partial charge in [0.05, 0.1) is 0 Å². The van der Waals surface area contributed by atoms with Gasteiger partial charge in [-0.15, -0.1) is 0 Å². The predicted octanol–water partition coefficient (Wildman–Crippen LogP) is 2.21. The van der Waals surface area contributed by atoms with Crippen LogP contribution >= 0.6 is 0 Å². The summed E-state index contributed by atoms with van der Waals surface area (Å²) in [4.78, 5) is 0. The van der Waals surface area contributed by atoms with Crippen molar-refractivity contribution in [2.75, 3.05) is 0 Å². The van der Waals surface area contributed by atoms with Crippen molar-refractivity contribution in [3.8, 4) is 0 Å². The van der Waals surface area contributed by atoms with Crippen LogP contribution in [0.4, 0.5) is 0 Å². The Morgan fingerprint density at radius 3 is 1.78 bits per heavy atom. The van der Waals surface area contributed by atoms with Gasteiger partial charge in [0.1, 0.15) is 0 Å². The molecule has 0 fully saturated rings. The van der Waals surface area contributed by atoms with Crippen LogP contribution in [0.25, 0.3) is 6.08 Å². The van der Waals surface area contributed by atoms with E-state index in [2.05, 4.69) is 49.1 Å². The van der Waals surface area contributed by atoms with E-state index in [-0.39, 0.29) is 6.10 Å². The van der Waals surface area contributed by atoms with Crippen LogP contribution < -0.4 is 0 Å². The molecule has 0 radical (unpaired) electrons. The molecule has 0 aromatic carbocycles. The van der Waals surface area contributed by atoms with E-state index >= 15 is 0 Å². The van der Waals surface area contributed by atoms with Gasteiger partial charge in [-0.25, -0.2) is 0 Å². The molecule has 0 N–H and O–H groups in total. The van der Waals surface area contributed by atoms with E-state index in [0.717, 1.165) is 10.3 Å². The standard InChI is InChI=1S/C10H12O2.5CO.Cr/c1-9(2)11-7-3-5-10-6-4-8-12-10;5*1-2;/h3-6,8-9H,1-2H3;;;;;;/b5-3+;;;;;;. The van der Waals surface area contributed by atoms with Crippen LogP contribution in [0, 0.1) is 33.3 Å². The van der Waals surface area contributed by atoms with Crippen molar-refractivity contribution >= 4 is 10.6 Å². The second-order valence-corrected chi connectivity index (χ2v) is 3.46. The van der Waals surface area contributed by atoms with Gasteiger partial charge in [0, 0.05) is 0 Å². The van der Waals surface area contributed by atoms with E-state index in [1.54, 1.807) is 6.26 Å². The maximum atomic E-state index is 7.50. The Labute approximate surface area is 142 Å². The molecule has 1 aromatic heterocycles. The van der Waals surface area contributed by atoms with Crippen LogP contribution in [-0.4, -0.2) is 10.7 Å². The van der Waals surface area contributed by atoms with Crippen molar-refractivity contribution in [1.82, 2.24) is 0 Å². The fourth-order valence-electron chi connectivity index (χ4n) is 0.808. The molecule has 120 valence electrons. The molecule has 1 aromatic rings. The number of ether oxygens (including phenoxy) is 1. The van der Waals surface area contributed by atoms with Crippen molar-refractivity contribution in [3.05, 3.63) is 63.5 Å². The zero-order chi connectivity index (χ0) is 19.7. The van der Waals surface area contributed by atoms with Gasteiger partial charge in [-0.05, 0) is 0 Å². The van der Waals surface area contributed by atoms with E-state index < -0.39 is 0 Å². The van der Waals surface area contributed by atoms with Gasteiger partial charge in [-0.2, -0.15) is 0 Å². The van der Waals surface area contributed by atoms with Crippen molar-refractivity contribution in [2.24, 2.45) is 0 Å². The molecule has 0 bridgehead atoms. The Morgan fingerprint density at radius 2 is 1.48 bits per heavy atom. The van der Waals surface area contributed by atoms with Gasteiger partial charge in [-0.1, -0.05) is 0 Å². The molecule has 1 rings (SSSR count). The first-order chi connectivity index (χ1) is 11.2. The van der Waals surface area contributed by atoms with E-state index in [1.165, 1.54) is 0 Å². The van der Waals surface area contributed by atoms with E-state index in [1.807, 2.05) is 38.1 Å². The molecular weight excluding hydrogens is 344 g/mol. The average Bonchev–Trinajstić information content (AvgIpc) is 3.15. The van der Waals surface area contributed by atoms with E-state index in [4.69, 9.17) is 32.4 Å². The minimum atomic E-state index is 0.192. The van der Waals surface area contributed by atoms with Crippen LogP contribution in [0.5, 0.6) is 0 Å². The third-order valence-corrected chi connectivity index (χ3v) is 1.64. The number of hydrogen-bond acceptors (Lipinski definition) is 2. The molecule has 0 saturated heterocycles. The van der Waals surface area contributed by atoms with Gasteiger partial charge in [0.25, 0.3) is 0 Å². The third kappa shape index (κ3) is 33.1. The summed E-state index contributed by atoms with van der Waals surface area (Å²) >= 11 is 2.84. The molecule has 23 heavy (non-hydrogen) atoms. The molecule has 0 atom stereocenters. The van der Waals surface area contributed by atoms with Crippen LogP contribution in [-0.2, 0) is 43.8 Å². The quantitative estimate of drug-likeness (QED) is 0.606. The second kappa shape index (κ2) is 36.9.